The number of hydrogen-bond acceptors (Lipinski definition) is 2. The molecule has 0 radical (unpaired) electrons. The van der Waals surface area contributed by atoms with Gasteiger partial charge in [-0.3, -0.25) is 4.79 Å². The van der Waals surface area contributed by atoms with Gasteiger partial charge in [-0.25, -0.2) is 0 Å². The van der Waals surface area contributed by atoms with E-state index in [1.807, 2.05) is 13.0 Å². The van der Waals surface area contributed by atoms with Gasteiger partial charge in [0.1, 0.15) is 6.10 Å². The van der Waals surface area contributed by atoms with Crippen LogP contribution in [0.25, 0.3) is 0 Å². The van der Waals surface area contributed by atoms with Gasteiger partial charge < -0.3 is 4.74 Å². The molecule has 0 atom stereocenters. The lowest BCUT2D eigenvalue weighted by Gasteiger charge is -2.10. The molecule has 0 aliphatic heterocycles. The monoisotopic (exact) mass is 196 g/mol. The quantitative estimate of drug-likeness (QED) is 0.383. The zero-order valence-corrected chi connectivity index (χ0v) is 9.00. The average molecular weight is 196 g/mol. The lowest BCUT2D eigenvalue weighted by Crippen LogP contribution is -2.14. The molecule has 0 amide bonds. The number of allylic oxidation sites excluding steroid dienone is 2. The molecule has 0 N–H and O–H groups in total. The van der Waals surface area contributed by atoms with Crippen LogP contribution in [0.15, 0.2) is 12.2 Å². The van der Waals surface area contributed by atoms with E-state index in [4.69, 9.17) is 4.74 Å². The smallest absolute Gasteiger partial charge is 0.306 e. The molecule has 2 heteroatoms. The number of carbonyl (C=O) groups is 1. The minimum absolute atomic E-state index is 0.0126. The molecule has 0 aromatic carbocycles. The molecule has 1 rings (SSSR count). The zero-order valence-electron chi connectivity index (χ0n) is 9.00. The first-order valence-corrected chi connectivity index (χ1v) is 5.63. The summed E-state index contributed by atoms with van der Waals surface area (Å²) in [6, 6.07) is 0. The van der Waals surface area contributed by atoms with E-state index in [-0.39, 0.29) is 12.1 Å². The molecular weight excluding hydrogens is 176 g/mol. The van der Waals surface area contributed by atoms with Gasteiger partial charge >= 0.3 is 5.97 Å². The van der Waals surface area contributed by atoms with Crippen LogP contribution in [0.5, 0.6) is 0 Å². The fourth-order valence-corrected chi connectivity index (χ4v) is 1.78. The standard InChI is InChI=1S/C12H20O2/c1-2-3-4-5-10-12(13)14-11-8-6-7-9-11/h2-3,11H,4-10H2,1H3/b3-2+. The van der Waals surface area contributed by atoms with Crippen molar-refractivity contribution < 1.29 is 9.53 Å². The van der Waals surface area contributed by atoms with Crippen molar-refractivity contribution in [3.05, 3.63) is 12.2 Å². The second kappa shape index (κ2) is 6.63. The molecule has 0 aromatic heterocycles. The Bertz CT molecular complexity index is 190. The maximum Gasteiger partial charge on any atom is 0.306 e. The van der Waals surface area contributed by atoms with E-state index in [2.05, 4.69) is 6.08 Å². The Labute approximate surface area is 86.3 Å². The normalized spacial score (nSPS) is 17.8. The first-order valence-electron chi connectivity index (χ1n) is 5.63. The van der Waals surface area contributed by atoms with Crippen LogP contribution in [0, 0.1) is 0 Å². The predicted octanol–water partition coefficient (Wildman–Crippen LogP) is 3.22. The molecule has 1 fully saturated rings. The van der Waals surface area contributed by atoms with E-state index >= 15 is 0 Å². The minimum atomic E-state index is -0.0126. The molecule has 1 saturated carbocycles. The highest BCUT2D eigenvalue weighted by Crippen LogP contribution is 2.21. The maximum absolute atomic E-state index is 11.3. The van der Waals surface area contributed by atoms with Gasteiger partial charge in [0, 0.05) is 6.42 Å². The number of hydrogen-bond donors (Lipinski definition) is 0. The molecule has 80 valence electrons. The summed E-state index contributed by atoms with van der Waals surface area (Å²) < 4.78 is 5.33. The molecule has 1 aliphatic carbocycles. The third-order valence-corrected chi connectivity index (χ3v) is 2.59. The Kier molecular flexibility index (Phi) is 5.35. The van der Waals surface area contributed by atoms with E-state index in [9.17, 15) is 4.79 Å². The average Bonchev–Trinajstić information content (AvgIpc) is 2.65. The van der Waals surface area contributed by atoms with Crippen molar-refractivity contribution in [3.8, 4) is 0 Å². The van der Waals surface area contributed by atoms with E-state index < -0.39 is 0 Å². The predicted molar refractivity (Wildman–Crippen MR) is 57.0 cm³/mol. The SMILES string of the molecule is C/C=C/CCCC(=O)OC1CCCC1. The largest absolute Gasteiger partial charge is 0.462 e. The van der Waals surface area contributed by atoms with E-state index in [0.717, 1.165) is 25.7 Å². The second-order valence-corrected chi connectivity index (χ2v) is 3.86. The number of ether oxygens (including phenoxy) is 1. The fraction of sp³-hybridized carbons (Fsp3) is 0.750. The van der Waals surface area contributed by atoms with Crippen LogP contribution >= 0.6 is 0 Å². The lowest BCUT2D eigenvalue weighted by atomic mass is 10.2. The van der Waals surface area contributed by atoms with Crippen LogP contribution in [-0.4, -0.2) is 12.1 Å². The van der Waals surface area contributed by atoms with Gasteiger partial charge in [-0.05, 0) is 45.4 Å². The Balaban J connectivity index is 2.03. The number of esters is 1. The summed E-state index contributed by atoms with van der Waals surface area (Å²) in [6.45, 7) is 2.00. The zero-order chi connectivity index (χ0) is 10.2. The first kappa shape index (κ1) is 11.3. The summed E-state index contributed by atoms with van der Waals surface area (Å²) >= 11 is 0. The van der Waals surface area contributed by atoms with Crippen molar-refractivity contribution in [2.75, 3.05) is 0 Å². The van der Waals surface area contributed by atoms with Gasteiger partial charge in [-0.1, -0.05) is 12.2 Å². The third kappa shape index (κ3) is 4.45. The summed E-state index contributed by atoms with van der Waals surface area (Å²) in [5.41, 5.74) is 0. The first-order chi connectivity index (χ1) is 6.83. The summed E-state index contributed by atoms with van der Waals surface area (Å²) in [5.74, 6) is -0.0126. The van der Waals surface area contributed by atoms with Gasteiger partial charge in [-0.15, -0.1) is 0 Å². The van der Waals surface area contributed by atoms with Gasteiger partial charge in [0.05, 0.1) is 0 Å². The molecule has 0 unspecified atom stereocenters. The Morgan fingerprint density at radius 1 is 1.43 bits per heavy atom. The van der Waals surface area contributed by atoms with Gasteiger partial charge in [0.2, 0.25) is 0 Å². The number of carbonyl (C=O) groups excluding carboxylic acids is 1. The van der Waals surface area contributed by atoms with Crippen molar-refractivity contribution in [3.63, 3.8) is 0 Å². The topological polar surface area (TPSA) is 26.3 Å². The number of unbranched alkanes of at least 4 members (excludes halogenated alkanes) is 1. The van der Waals surface area contributed by atoms with Crippen LogP contribution in [0.4, 0.5) is 0 Å². The van der Waals surface area contributed by atoms with Crippen LogP contribution < -0.4 is 0 Å². The molecule has 0 bridgehead atoms. The van der Waals surface area contributed by atoms with E-state index in [0.29, 0.717) is 6.42 Å². The van der Waals surface area contributed by atoms with Crippen molar-refractivity contribution in [2.24, 2.45) is 0 Å². The van der Waals surface area contributed by atoms with Crippen molar-refractivity contribution in [2.45, 2.75) is 58.0 Å². The van der Waals surface area contributed by atoms with Crippen LogP contribution in [0.2, 0.25) is 0 Å². The van der Waals surface area contributed by atoms with Gasteiger partial charge in [0.15, 0.2) is 0 Å². The summed E-state index contributed by atoms with van der Waals surface area (Å²) in [7, 11) is 0. The van der Waals surface area contributed by atoms with E-state index in [1.165, 1.54) is 12.8 Å². The van der Waals surface area contributed by atoms with Crippen LogP contribution in [0.1, 0.15) is 51.9 Å². The molecule has 2 nitrogen and oxygen atoms in total. The van der Waals surface area contributed by atoms with Crippen molar-refractivity contribution >= 4 is 5.97 Å². The van der Waals surface area contributed by atoms with E-state index in [1.54, 1.807) is 0 Å². The maximum atomic E-state index is 11.3. The molecule has 0 aromatic rings. The van der Waals surface area contributed by atoms with Crippen molar-refractivity contribution in [1.29, 1.82) is 0 Å². The fourth-order valence-electron chi connectivity index (χ4n) is 1.78. The van der Waals surface area contributed by atoms with Gasteiger partial charge in [-0.2, -0.15) is 0 Å². The lowest BCUT2D eigenvalue weighted by molar-refractivity contribution is -0.148. The highest BCUT2D eigenvalue weighted by atomic mass is 16.5. The summed E-state index contributed by atoms with van der Waals surface area (Å²) in [6.07, 6.45) is 11.4. The highest BCUT2D eigenvalue weighted by molar-refractivity contribution is 5.69. The van der Waals surface area contributed by atoms with Crippen LogP contribution in [-0.2, 0) is 9.53 Å². The molecule has 0 heterocycles. The molecule has 0 saturated heterocycles. The minimum Gasteiger partial charge on any atom is -0.462 e. The molecule has 1 aliphatic rings. The second-order valence-electron chi connectivity index (χ2n) is 3.86. The Hall–Kier alpha value is -0.790. The summed E-state index contributed by atoms with van der Waals surface area (Å²) in [4.78, 5) is 11.3. The third-order valence-electron chi connectivity index (χ3n) is 2.59. The summed E-state index contributed by atoms with van der Waals surface area (Å²) in [5, 5.41) is 0. The Morgan fingerprint density at radius 2 is 2.14 bits per heavy atom. The number of rotatable bonds is 5. The molecular formula is C12H20O2. The Morgan fingerprint density at radius 3 is 2.79 bits per heavy atom. The molecule has 14 heavy (non-hydrogen) atoms. The molecule has 0 spiro atoms. The highest BCUT2D eigenvalue weighted by Gasteiger charge is 2.18. The van der Waals surface area contributed by atoms with Crippen molar-refractivity contribution in [1.82, 2.24) is 0 Å². The van der Waals surface area contributed by atoms with Gasteiger partial charge in [0.25, 0.3) is 0 Å². The van der Waals surface area contributed by atoms with Crippen LogP contribution in [0.3, 0.4) is 0 Å².